The molecule has 0 aliphatic heterocycles. The fourth-order valence-corrected chi connectivity index (χ4v) is 1.25. The summed E-state index contributed by atoms with van der Waals surface area (Å²) in [7, 11) is 0. The summed E-state index contributed by atoms with van der Waals surface area (Å²) in [5.41, 5.74) is 2.16. The number of ether oxygens (including phenoxy) is 1. The van der Waals surface area contributed by atoms with Crippen LogP contribution in [0.3, 0.4) is 0 Å². The molecule has 16 heavy (non-hydrogen) atoms. The first-order chi connectivity index (χ1) is 7.74. The summed E-state index contributed by atoms with van der Waals surface area (Å²) in [6.07, 6.45) is 4.44. The zero-order chi connectivity index (χ0) is 11.8. The lowest BCUT2D eigenvalue weighted by molar-refractivity contribution is -0.125. The van der Waals surface area contributed by atoms with Crippen LogP contribution in [0.1, 0.15) is 24.5 Å². The fraction of sp³-hybridized carbons (Fsp3) is 0.500. The molecule has 88 valence electrons. The molecule has 0 saturated heterocycles. The number of aryl methyl sites for hydroxylation is 1. The molecule has 0 atom stereocenters. The van der Waals surface area contributed by atoms with Crippen LogP contribution in [-0.4, -0.2) is 24.1 Å². The van der Waals surface area contributed by atoms with Crippen molar-refractivity contribution < 1.29 is 9.53 Å². The second-order valence-electron chi connectivity index (χ2n) is 3.63. The molecule has 1 N–H and O–H groups in total. The van der Waals surface area contributed by atoms with E-state index in [9.17, 15) is 4.79 Å². The molecular weight excluding hydrogens is 204 g/mol. The first-order valence-electron chi connectivity index (χ1n) is 5.48. The molecule has 1 heterocycles. The summed E-state index contributed by atoms with van der Waals surface area (Å²) < 4.78 is 5.14. The Labute approximate surface area is 96.0 Å². The van der Waals surface area contributed by atoms with E-state index in [0.29, 0.717) is 13.2 Å². The van der Waals surface area contributed by atoms with E-state index in [1.165, 1.54) is 0 Å². The van der Waals surface area contributed by atoms with Crippen molar-refractivity contribution in [2.75, 3.05) is 13.2 Å². The Morgan fingerprint density at radius 2 is 2.38 bits per heavy atom. The second kappa shape index (κ2) is 6.95. The Balaban J connectivity index is 2.29. The van der Waals surface area contributed by atoms with Crippen LogP contribution in [-0.2, 0) is 16.1 Å². The topological polar surface area (TPSA) is 51.2 Å². The Hall–Kier alpha value is -1.42. The Kier molecular flexibility index (Phi) is 5.50. The normalized spacial score (nSPS) is 10.1. The summed E-state index contributed by atoms with van der Waals surface area (Å²) in [4.78, 5) is 15.3. The van der Waals surface area contributed by atoms with E-state index < -0.39 is 0 Å². The van der Waals surface area contributed by atoms with E-state index in [1.807, 2.05) is 19.9 Å². The van der Waals surface area contributed by atoms with Gasteiger partial charge in [-0.1, -0.05) is 6.92 Å². The third kappa shape index (κ3) is 4.40. The monoisotopic (exact) mass is 222 g/mol. The SMILES string of the molecule is CCCOCC(=O)NCc1ccncc1C. The number of amides is 1. The fourth-order valence-electron chi connectivity index (χ4n) is 1.25. The lowest BCUT2D eigenvalue weighted by Gasteiger charge is -2.07. The van der Waals surface area contributed by atoms with Crippen LogP contribution in [0, 0.1) is 6.92 Å². The van der Waals surface area contributed by atoms with Gasteiger partial charge in [-0.3, -0.25) is 9.78 Å². The van der Waals surface area contributed by atoms with E-state index in [-0.39, 0.29) is 12.5 Å². The highest BCUT2D eigenvalue weighted by Crippen LogP contribution is 2.03. The maximum Gasteiger partial charge on any atom is 0.246 e. The van der Waals surface area contributed by atoms with Crippen LogP contribution in [0.4, 0.5) is 0 Å². The van der Waals surface area contributed by atoms with Crippen molar-refractivity contribution in [3.63, 3.8) is 0 Å². The molecule has 4 heteroatoms. The van der Waals surface area contributed by atoms with E-state index in [1.54, 1.807) is 12.4 Å². The minimum absolute atomic E-state index is 0.0790. The highest BCUT2D eigenvalue weighted by Gasteiger charge is 2.02. The predicted molar refractivity (Wildman–Crippen MR) is 61.9 cm³/mol. The molecule has 0 saturated carbocycles. The Morgan fingerprint density at radius 1 is 1.56 bits per heavy atom. The van der Waals surface area contributed by atoms with Crippen LogP contribution in [0.15, 0.2) is 18.5 Å². The summed E-state index contributed by atoms with van der Waals surface area (Å²) in [5, 5.41) is 2.81. The number of nitrogens with zero attached hydrogens (tertiary/aromatic N) is 1. The van der Waals surface area contributed by atoms with Gasteiger partial charge in [-0.2, -0.15) is 0 Å². The minimum Gasteiger partial charge on any atom is -0.372 e. The first-order valence-corrected chi connectivity index (χ1v) is 5.48. The second-order valence-corrected chi connectivity index (χ2v) is 3.63. The van der Waals surface area contributed by atoms with Crippen LogP contribution in [0.5, 0.6) is 0 Å². The van der Waals surface area contributed by atoms with Gasteiger partial charge in [0.2, 0.25) is 5.91 Å². The number of carbonyl (C=O) groups excluding carboxylic acids is 1. The molecule has 0 aromatic carbocycles. The highest BCUT2D eigenvalue weighted by molar-refractivity contribution is 5.77. The first kappa shape index (κ1) is 12.6. The third-order valence-corrected chi connectivity index (χ3v) is 2.19. The average molecular weight is 222 g/mol. The molecule has 0 bridgehead atoms. The maximum absolute atomic E-state index is 11.4. The van der Waals surface area contributed by atoms with Gasteiger partial charge in [0.15, 0.2) is 0 Å². The van der Waals surface area contributed by atoms with Gasteiger partial charge in [0.25, 0.3) is 0 Å². The van der Waals surface area contributed by atoms with Crippen molar-refractivity contribution in [1.29, 1.82) is 0 Å². The summed E-state index contributed by atoms with van der Waals surface area (Å²) in [5.74, 6) is -0.0790. The maximum atomic E-state index is 11.4. The molecule has 0 aliphatic rings. The Morgan fingerprint density at radius 3 is 3.06 bits per heavy atom. The van der Waals surface area contributed by atoms with Gasteiger partial charge >= 0.3 is 0 Å². The van der Waals surface area contributed by atoms with Gasteiger partial charge in [0.05, 0.1) is 0 Å². The standard InChI is InChI=1S/C12H18N2O2/c1-3-6-16-9-12(15)14-8-11-4-5-13-7-10(11)2/h4-5,7H,3,6,8-9H2,1-2H3,(H,14,15). The zero-order valence-corrected chi connectivity index (χ0v) is 9.82. The van der Waals surface area contributed by atoms with Gasteiger partial charge in [0.1, 0.15) is 6.61 Å². The van der Waals surface area contributed by atoms with Gasteiger partial charge in [-0.25, -0.2) is 0 Å². The van der Waals surface area contributed by atoms with E-state index in [4.69, 9.17) is 4.74 Å². The van der Waals surface area contributed by atoms with Gasteiger partial charge in [0, 0.05) is 25.5 Å². The van der Waals surface area contributed by atoms with Crippen LogP contribution in [0.25, 0.3) is 0 Å². The molecule has 0 fully saturated rings. The third-order valence-electron chi connectivity index (χ3n) is 2.19. The van der Waals surface area contributed by atoms with Gasteiger partial charge < -0.3 is 10.1 Å². The average Bonchev–Trinajstić information content (AvgIpc) is 2.28. The number of aromatic nitrogens is 1. The molecule has 0 radical (unpaired) electrons. The molecule has 0 unspecified atom stereocenters. The number of pyridine rings is 1. The Bertz CT molecular complexity index is 340. The van der Waals surface area contributed by atoms with Crippen molar-refractivity contribution in [3.8, 4) is 0 Å². The quantitative estimate of drug-likeness (QED) is 0.741. The number of hydrogen-bond acceptors (Lipinski definition) is 3. The molecule has 1 amide bonds. The molecule has 4 nitrogen and oxygen atoms in total. The molecular formula is C12H18N2O2. The van der Waals surface area contributed by atoms with Crippen LogP contribution >= 0.6 is 0 Å². The van der Waals surface area contributed by atoms with Crippen molar-refractivity contribution >= 4 is 5.91 Å². The number of carbonyl (C=O) groups is 1. The van der Waals surface area contributed by atoms with E-state index in [2.05, 4.69) is 10.3 Å². The lowest BCUT2D eigenvalue weighted by Crippen LogP contribution is -2.27. The summed E-state index contributed by atoms with van der Waals surface area (Å²) >= 11 is 0. The largest absolute Gasteiger partial charge is 0.372 e. The molecule has 1 aromatic rings. The van der Waals surface area contributed by atoms with Crippen molar-refractivity contribution in [3.05, 3.63) is 29.6 Å². The van der Waals surface area contributed by atoms with E-state index in [0.717, 1.165) is 17.5 Å². The molecule has 0 spiro atoms. The predicted octanol–water partition coefficient (Wildman–Crippen LogP) is 1.43. The number of rotatable bonds is 6. The number of hydrogen-bond donors (Lipinski definition) is 1. The highest BCUT2D eigenvalue weighted by atomic mass is 16.5. The van der Waals surface area contributed by atoms with Crippen LogP contribution in [0.2, 0.25) is 0 Å². The summed E-state index contributed by atoms with van der Waals surface area (Å²) in [6, 6.07) is 1.91. The van der Waals surface area contributed by atoms with E-state index >= 15 is 0 Å². The smallest absolute Gasteiger partial charge is 0.246 e. The van der Waals surface area contributed by atoms with Gasteiger partial charge in [-0.05, 0) is 30.5 Å². The van der Waals surface area contributed by atoms with Crippen molar-refractivity contribution in [1.82, 2.24) is 10.3 Å². The van der Waals surface area contributed by atoms with Gasteiger partial charge in [-0.15, -0.1) is 0 Å². The lowest BCUT2D eigenvalue weighted by atomic mass is 10.1. The molecule has 1 aromatic heterocycles. The van der Waals surface area contributed by atoms with Crippen LogP contribution < -0.4 is 5.32 Å². The summed E-state index contributed by atoms with van der Waals surface area (Å²) in [6.45, 7) is 5.28. The number of nitrogens with one attached hydrogen (secondary N) is 1. The van der Waals surface area contributed by atoms with Crippen molar-refractivity contribution in [2.24, 2.45) is 0 Å². The molecule has 1 rings (SSSR count). The van der Waals surface area contributed by atoms with Crippen molar-refractivity contribution in [2.45, 2.75) is 26.8 Å². The zero-order valence-electron chi connectivity index (χ0n) is 9.82. The molecule has 0 aliphatic carbocycles. The minimum atomic E-state index is -0.0790.